The molecule has 0 fully saturated rings. The van der Waals surface area contributed by atoms with Crippen LogP contribution in [0.3, 0.4) is 0 Å². The van der Waals surface area contributed by atoms with Crippen molar-refractivity contribution in [3.05, 3.63) is 23.8 Å². The molecule has 0 saturated carbocycles. The molecular weight excluding hydrogens is 150 g/mol. The molecule has 0 aromatic carbocycles. The molecule has 0 spiro atoms. The van der Waals surface area contributed by atoms with E-state index >= 15 is 0 Å². The normalized spacial score (nSPS) is 27.2. The average molecular weight is 163 g/mol. The molecule has 1 aliphatic rings. The molecule has 0 amide bonds. The number of hydrogen-bond donors (Lipinski definition) is 1. The first-order chi connectivity index (χ1) is 5.84. The number of nitriles is 1. The molecule has 0 saturated heterocycles. The summed E-state index contributed by atoms with van der Waals surface area (Å²) in [5.41, 5.74) is 0.877. The van der Waals surface area contributed by atoms with E-state index in [0.29, 0.717) is 0 Å². The van der Waals surface area contributed by atoms with Gasteiger partial charge >= 0.3 is 0 Å². The highest BCUT2D eigenvalue weighted by Gasteiger charge is 2.08. The first-order valence-corrected chi connectivity index (χ1v) is 4.26. The van der Waals surface area contributed by atoms with Crippen molar-refractivity contribution in [2.24, 2.45) is 0 Å². The van der Waals surface area contributed by atoms with Crippen molar-refractivity contribution >= 4 is 0 Å². The third kappa shape index (κ3) is 2.52. The zero-order valence-electron chi connectivity index (χ0n) is 7.03. The predicted molar refractivity (Wildman–Crippen MR) is 47.3 cm³/mol. The highest BCUT2D eigenvalue weighted by atomic mass is 16.3. The van der Waals surface area contributed by atoms with Crippen LogP contribution in [-0.4, -0.2) is 11.2 Å². The summed E-state index contributed by atoms with van der Waals surface area (Å²) in [5.74, 6) is 0. The summed E-state index contributed by atoms with van der Waals surface area (Å²) in [7, 11) is 0. The van der Waals surface area contributed by atoms with Crippen LogP contribution in [0.2, 0.25) is 0 Å². The van der Waals surface area contributed by atoms with Crippen LogP contribution in [0.25, 0.3) is 0 Å². The van der Waals surface area contributed by atoms with Crippen molar-refractivity contribution < 1.29 is 5.11 Å². The van der Waals surface area contributed by atoms with Crippen LogP contribution < -0.4 is 0 Å². The lowest BCUT2D eigenvalue weighted by Crippen LogP contribution is -2.07. The fraction of sp³-hybridized carbons (Fsp3) is 0.500. The fourth-order valence-electron chi connectivity index (χ4n) is 1.28. The second-order valence-corrected chi connectivity index (χ2v) is 2.90. The Balaban J connectivity index is 2.57. The van der Waals surface area contributed by atoms with Crippen molar-refractivity contribution in [1.29, 1.82) is 5.26 Å². The molecule has 1 rings (SSSR count). The van der Waals surface area contributed by atoms with E-state index in [9.17, 15) is 5.11 Å². The summed E-state index contributed by atoms with van der Waals surface area (Å²) in [6, 6.07) is 1.85. The molecule has 2 nitrogen and oxygen atoms in total. The van der Waals surface area contributed by atoms with Gasteiger partial charge in [0.25, 0.3) is 0 Å². The molecule has 0 heterocycles. The first-order valence-electron chi connectivity index (χ1n) is 4.26. The van der Waals surface area contributed by atoms with E-state index in [1.165, 1.54) is 0 Å². The van der Waals surface area contributed by atoms with Crippen molar-refractivity contribution in [3.8, 4) is 6.07 Å². The highest BCUT2D eigenvalue weighted by Crippen LogP contribution is 2.15. The van der Waals surface area contributed by atoms with Gasteiger partial charge in [-0.15, -0.1) is 0 Å². The van der Waals surface area contributed by atoms with Gasteiger partial charge in [0.15, 0.2) is 6.10 Å². The molecule has 1 N–H and O–H groups in total. The zero-order chi connectivity index (χ0) is 8.81. The maximum atomic E-state index is 9.25. The predicted octanol–water partition coefficient (Wildman–Crippen LogP) is 1.93. The van der Waals surface area contributed by atoms with Gasteiger partial charge < -0.3 is 5.11 Å². The standard InChI is InChI=1S/C10H13NO/c11-8-10(12)9-6-4-2-1-3-5-7-9/h1-2,7,10,12H,3-6H2/b2-1-,9-7+. The fourth-order valence-corrected chi connectivity index (χ4v) is 1.28. The van der Waals surface area contributed by atoms with Gasteiger partial charge in [-0.3, -0.25) is 0 Å². The van der Waals surface area contributed by atoms with Crippen LogP contribution in [-0.2, 0) is 0 Å². The number of aliphatic hydroxyl groups is 1. The maximum Gasteiger partial charge on any atom is 0.161 e. The summed E-state index contributed by atoms with van der Waals surface area (Å²) in [6.45, 7) is 0. The van der Waals surface area contributed by atoms with Gasteiger partial charge in [-0.1, -0.05) is 18.2 Å². The molecule has 0 aromatic rings. The minimum atomic E-state index is -0.892. The molecule has 1 aliphatic carbocycles. The van der Waals surface area contributed by atoms with E-state index in [2.05, 4.69) is 12.2 Å². The van der Waals surface area contributed by atoms with Gasteiger partial charge in [-0.2, -0.15) is 5.26 Å². The molecule has 0 aliphatic heterocycles. The van der Waals surface area contributed by atoms with Crippen molar-refractivity contribution in [2.75, 3.05) is 0 Å². The first kappa shape index (κ1) is 9.02. The second kappa shape index (κ2) is 4.74. The Labute approximate surface area is 72.8 Å². The van der Waals surface area contributed by atoms with Crippen molar-refractivity contribution in [1.82, 2.24) is 0 Å². The van der Waals surface area contributed by atoms with Gasteiger partial charge in [0.05, 0.1) is 6.07 Å². The smallest absolute Gasteiger partial charge is 0.161 e. The van der Waals surface area contributed by atoms with E-state index in [4.69, 9.17) is 5.26 Å². The number of allylic oxidation sites excluding steroid dienone is 3. The lowest BCUT2D eigenvalue weighted by atomic mass is 10.0. The summed E-state index contributed by atoms with van der Waals surface area (Å²) in [4.78, 5) is 0. The molecule has 2 heteroatoms. The number of rotatable bonds is 1. The SMILES string of the molecule is N#CC(O)/C1=C/CC/C=C\CC1. The molecular formula is C10H13NO. The largest absolute Gasteiger partial charge is 0.374 e. The van der Waals surface area contributed by atoms with E-state index in [-0.39, 0.29) is 0 Å². The topological polar surface area (TPSA) is 44.0 Å². The lowest BCUT2D eigenvalue weighted by molar-refractivity contribution is 0.261. The molecule has 0 aromatic heterocycles. The third-order valence-electron chi connectivity index (χ3n) is 1.98. The average Bonchev–Trinajstić information content (AvgIpc) is 2.02. The lowest BCUT2D eigenvalue weighted by Gasteiger charge is -2.08. The Hall–Kier alpha value is -1.07. The minimum Gasteiger partial charge on any atom is -0.374 e. The Morgan fingerprint density at radius 3 is 2.83 bits per heavy atom. The molecule has 1 unspecified atom stereocenters. The number of aliphatic hydroxyl groups excluding tert-OH is 1. The summed E-state index contributed by atoms with van der Waals surface area (Å²) >= 11 is 0. The third-order valence-corrected chi connectivity index (χ3v) is 1.98. The Morgan fingerprint density at radius 1 is 1.33 bits per heavy atom. The number of hydrogen-bond acceptors (Lipinski definition) is 2. The van der Waals surface area contributed by atoms with Crippen LogP contribution in [0, 0.1) is 11.3 Å². The van der Waals surface area contributed by atoms with Gasteiger partial charge in [-0.05, 0) is 31.3 Å². The minimum absolute atomic E-state index is 0.811. The monoisotopic (exact) mass is 163 g/mol. The van der Waals surface area contributed by atoms with E-state index in [0.717, 1.165) is 31.3 Å². The van der Waals surface area contributed by atoms with Crippen molar-refractivity contribution in [2.45, 2.75) is 31.8 Å². The highest BCUT2D eigenvalue weighted by molar-refractivity contribution is 5.17. The van der Waals surface area contributed by atoms with Gasteiger partial charge in [0, 0.05) is 0 Å². The van der Waals surface area contributed by atoms with E-state index < -0.39 is 6.10 Å². The van der Waals surface area contributed by atoms with Crippen LogP contribution >= 0.6 is 0 Å². The molecule has 12 heavy (non-hydrogen) atoms. The van der Waals surface area contributed by atoms with E-state index in [1.807, 2.05) is 12.1 Å². The Kier molecular flexibility index (Phi) is 3.56. The Morgan fingerprint density at radius 2 is 2.08 bits per heavy atom. The maximum absolute atomic E-state index is 9.25. The Bertz CT molecular complexity index is 235. The molecule has 0 bridgehead atoms. The molecule has 64 valence electrons. The quantitative estimate of drug-likeness (QED) is 0.474. The van der Waals surface area contributed by atoms with Gasteiger partial charge in [0.2, 0.25) is 0 Å². The molecule has 0 radical (unpaired) electrons. The van der Waals surface area contributed by atoms with Crippen LogP contribution in [0.1, 0.15) is 25.7 Å². The summed E-state index contributed by atoms with van der Waals surface area (Å²) < 4.78 is 0. The van der Waals surface area contributed by atoms with Gasteiger partial charge in [-0.25, -0.2) is 0 Å². The second-order valence-electron chi connectivity index (χ2n) is 2.90. The van der Waals surface area contributed by atoms with Crippen LogP contribution in [0.5, 0.6) is 0 Å². The van der Waals surface area contributed by atoms with Gasteiger partial charge in [0.1, 0.15) is 0 Å². The number of nitrogens with zero attached hydrogens (tertiary/aromatic N) is 1. The van der Waals surface area contributed by atoms with Crippen LogP contribution in [0.15, 0.2) is 23.8 Å². The van der Waals surface area contributed by atoms with E-state index in [1.54, 1.807) is 0 Å². The van der Waals surface area contributed by atoms with Crippen LogP contribution in [0.4, 0.5) is 0 Å². The molecule has 1 atom stereocenters. The summed E-state index contributed by atoms with van der Waals surface area (Å²) in [6.07, 6.45) is 9.04. The zero-order valence-corrected chi connectivity index (χ0v) is 7.03. The summed E-state index contributed by atoms with van der Waals surface area (Å²) in [5, 5.41) is 17.7. The van der Waals surface area contributed by atoms with Crippen molar-refractivity contribution in [3.63, 3.8) is 0 Å².